The Balaban J connectivity index is 1.47. The van der Waals surface area contributed by atoms with Gasteiger partial charge in [-0.15, -0.1) is 11.3 Å². The van der Waals surface area contributed by atoms with Gasteiger partial charge in [-0.2, -0.15) is 0 Å². The molecule has 2 aromatic rings. The van der Waals surface area contributed by atoms with E-state index in [-0.39, 0.29) is 12.5 Å². The number of carbonyl (C=O) groups is 1. The molecule has 1 saturated heterocycles. The molecule has 2 heterocycles. The van der Waals surface area contributed by atoms with Gasteiger partial charge in [0.2, 0.25) is 0 Å². The largest absolute Gasteiger partial charge is 0.379 e. The van der Waals surface area contributed by atoms with Crippen LogP contribution in [0.4, 0.5) is 0 Å². The van der Waals surface area contributed by atoms with Gasteiger partial charge in [0.1, 0.15) is 5.01 Å². The summed E-state index contributed by atoms with van der Waals surface area (Å²) >= 11 is 1.59. The van der Waals surface area contributed by atoms with Crippen molar-refractivity contribution in [3.8, 4) is 0 Å². The third-order valence-electron chi connectivity index (χ3n) is 4.80. The number of aromatic nitrogens is 1. The summed E-state index contributed by atoms with van der Waals surface area (Å²) in [6, 6.07) is 10.3. The minimum absolute atomic E-state index is 0.139. The van der Waals surface area contributed by atoms with Gasteiger partial charge < -0.3 is 15.3 Å². The van der Waals surface area contributed by atoms with Crippen molar-refractivity contribution in [2.24, 2.45) is 0 Å². The molecular formula is C20H27N3O2S. The van der Waals surface area contributed by atoms with Gasteiger partial charge in [-0.1, -0.05) is 30.3 Å². The number of benzene rings is 1. The van der Waals surface area contributed by atoms with E-state index >= 15 is 0 Å². The summed E-state index contributed by atoms with van der Waals surface area (Å²) in [5.74, 6) is -0.139. The normalized spacial score (nSPS) is 20.5. The van der Waals surface area contributed by atoms with Crippen LogP contribution in [0.3, 0.4) is 0 Å². The van der Waals surface area contributed by atoms with Crippen LogP contribution in [0.2, 0.25) is 0 Å². The van der Waals surface area contributed by atoms with E-state index in [9.17, 15) is 9.90 Å². The topological polar surface area (TPSA) is 65.5 Å². The van der Waals surface area contributed by atoms with Gasteiger partial charge in [-0.05, 0) is 38.2 Å². The number of amides is 1. The van der Waals surface area contributed by atoms with Crippen molar-refractivity contribution in [1.29, 1.82) is 0 Å². The molecule has 0 aliphatic carbocycles. The van der Waals surface area contributed by atoms with E-state index in [2.05, 4.69) is 22.4 Å². The molecule has 5 nitrogen and oxygen atoms in total. The minimum Gasteiger partial charge on any atom is -0.379 e. The maximum absolute atomic E-state index is 12.8. The Kier molecular flexibility index (Phi) is 6.40. The Labute approximate surface area is 159 Å². The Morgan fingerprint density at radius 1 is 1.35 bits per heavy atom. The summed E-state index contributed by atoms with van der Waals surface area (Å²) in [5, 5.41) is 17.0. The predicted octanol–water partition coefficient (Wildman–Crippen LogP) is 2.53. The molecule has 1 aliphatic heterocycles. The fourth-order valence-corrected chi connectivity index (χ4v) is 4.16. The third-order valence-corrected chi connectivity index (χ3v) is 5.77. The molecule has 3 rings (SSSR count). The number of nitrogens with one attached hydrogen (secondary N) is 1. The van der Waals surface area contributed by atoms with Crippen LogP contribution in [0.15, 0.2) is 35.7 Å². The molecule has 1 atom stereocenters. The summed E-state index contributed by atoms with van der Waals surface area (Å²) in [5.41, 5.74) is 0.994. The van der Waals surface area contributed by atoms with Gasteiger partial charge in [0.05, 0.1) is 0 Å². The highest BCUT2D eigenvalue weighted by atomic mass is 32.1. The number of hydrogen-bond acceptors (Lipinski definition) is 5. The summed E-state index contributed by atoms with van der Waals surface area (Å²) in [7, 11) is 0. The van der Waals surface area contributed by atoms with Gasteiger partial charge in [0, 0.05) is 37.3 Å². The molecule has 0 saturated carbocycles. The molecule has 26 heavy (non-hydrogen) atoms. The van der Waals surface area contributed by atoms with Crippen LogP contribution in [-0.2, 0) is 17.8 Å². The van der Waals surface area contributed by atoms with Gasteiger partial charge in [0.15, 0.2) is 5.60 Å². The van der Waals surface area contributed by atoms with E-state index < -0.39 is 5.60 Å². The Morgan fingerprint density at radius 3 is 2.88 bits per heavy atom. The lowest BCUT2D eigenvalue weighted by Gasteiger charge is -2.38. The van der Waals surface area contributed by atoms with Crippen LogP contribution >= 0.6 is 11.3 Å². The number of hydrogen-bond donors (Lipinski definition) is 2. The SMILES string of the molecule is Cc1csc(CNC[C@@]2(O)CCCN(CCCc3ccccc3)C2=O)n1. The summed E-state index contributed by atoms with van der Waals surface area (Å²) in [6.07, 6.45) is 3.22. The average Bonchev–Trinajstić information content (AvgIpc) is 3.05. The lowest BCUT2D eigenvalue weighted by molar-refractivity contribution is -0.156. The van der Waals surface area contributed by atoms with Crippen molar-refractivity contribution in [1.82, 2.24) is 15.2 Å². The highest BCUT2D eigenvalue weighted by Gasteiger charge is 2.41. The fraction of sp³-hybridized carbons (Fsp3) is 0.500. The zero-order chi connectivity index (χ0) is 18.4. The Morgan fingerprint density at radius 2 is 2.15 bits per heavy atom. The van der Waals surface area contributed by atoms with Crippen LogP contribution in [0.1, 0.15) is 35.5 Å². The average molecular weight is 374 g/mol. The first-order valence-corrected chi connectivity index (χ1v) is 10.1. The Bertz CT molecular complexity index is 719. The van der Waals surface area contributed by atoms with Crippen molar-refractivity contribution < 1.29 is 9.90 Å². The number of piperidine rings is 1. The fourth-order valence-electron chi connectivity index (χ4n) is 3.42. The molecule has 1 aliphatic rings. The summed E-state index contributed by atoms with van der Waals surface area (Å²) in [4.78, 5) is 19.0. The predicted molar refractivity (Wildman–Crippen MR) is 104 cm³/mol. The zero-order valence-corrected chi connectivity index (χ0v) is 16.1. The van der Waals surface area contributed by atoms with Crippen molar-refractivity contribution >= 4 is 17.2 Å². The standard InChI is InChI=1S/C20H27N3O2S/c1-16-14-26-18(22-16)13-21-15-20(25)10-6-12-23(19(20)24)11-5-9-17-7-3-2-4-8-17/h2-4,7-8,14,21,25H,5-6,9-13,15H2,1H3/t20-/m0/s1. The van der Waals surface area contributed by atoms with Crippen LogP contribution in [0, 0.1) is 6.92 Å². The first-order valence-electron chi connectivity index (χ1n) is 9.24. The molecule has 0 bridgehead atoms. The second-order valence-electron chi connectivity index (χ2n) is 7.00. The van der Waals surface area contributed by atoms with Crippen LogP contribution in [-0.4, -0.2) is 46.1 Å². The van der Waals surface area contributed by atoms with Crippen LogP contribution in [0.5, 0.6) is 0 Å². The van der Waals surface area contributed by atoms with Gasteiger partial charge in [0.25, 0.3) is 5.91 Å². The highest BCUT2D eigenvalue weighted by molar-refractivity contribution is 7.09. The smallest absolute Gasteiger partial charge is 0.255 e. The molecule has 1 aromatic carbocycles. The first-order chi connectivity index (χ1) is 12.6. The van der Waals surface area contributed by atoms with E-state index in [1.807, 2.05) is 35.4 Å². The minimum atomic E-state index is -1.29. The molecular weight excluding hydrogens is 346 g/mol. The molecule has 2 N–H and O–H groups in total. The van der Waals surface area contributed by atoms with Crippen LogP contribution in [0.25, 0.3) is 0 Å². The zero-order valence-electron chi connectivity index (χ0n) is 15.3. The van der Waals surface area contributed by atoms with E-state index in [0.717, 1.165) is 36.5 Å². The quantitative estimate of drug-likeness (QED) is 0.746. The highest BCUT2D eigenvalue weighted by Crippen LogP contribution is 2.23. The van der Waals surface area contributed by atoms with Crippen LogP contribution < -0.4 is 5.32 Å². The maximum atomic E-state index is 12.8. The number of aliphatic hydroxyl groups is 1. The van der Waals surface area contributed by atoms with Crippen molar-refractivity contribution in [3.05, 3.63) is 52.0 Å². The van der Waals surface area contributed by atoms with E-state index in [0.29, 0.717) is 19.5 Å². The molecule has 6 heteroatoms. The van der Waals surface area contributed by atoms with Crippen molar-refractivity contribution in [2.45, 2.75) is 44.8 Å². The monoisotopic (exact) mass is 373 g/mol. The third kappa shape index (κ3) is 4.90. The molecule has 1 fully saturated rings. The molecule has 140 valence electrons. The number of rotatable bonds is 8. The van der Waals surface area contributed by atoms with Crippen molar-refractivity contribution in [3.63, 3.8) is 0 Å². The number of carbonyl (C=O) groups excluding carboxylic acids is 1. The molecule has 1 amide bonds. The lowest BCUT2D eigenvalue weighted by atomic mass is 9.91. The van der Waals surface area contributed by atoms with Gasteiger partial charge in [-0.25, -0.2) is 4.98 Å². The van der Waals surface area contributed by atoms with Gasteiger partial charge >= 0.3 is 0 Å². The van der Waals surface area contributed by atoms with Gasteiger partial charge in [-0.3, -0.25) is 4.79 Å². The number of thiazole rings is 1. The second kappa shape index (κ2) is 8.75. The van der Waals surface area contributed by atoms with E-state index in [1.165, 1.54) is 5.56 Å². The number of nitrogens with zero attached hydrogens (tertiary/aromatic N) is 2. The number of aryl methyl sites for hydroxylation is 2. The lowest BCUT2D eigenvalue weighted by Crippen LogP contribution is -2.58. The van der Waals surface area contributed by atoms with E-state index in [4.69, 9.17) is 0 Å². The Hall–Kier alpha value is -1.76. The van der Waals surface area contributed by atoms with E-state index in [1.54, 1.807) is 11.3 Å². The summed E-state index contributed by atoms with van der Waals surface area (Å²) in [6.45, 7) is 4.26. The molecule has 1 aromatic heterocycles. The number of likely N-dealkylation sites (tertiary alicyclic amines) is 1. The van der Waals surface area contributed by atoms with Crippen molar-refractivity contribution in [2.75, 3.05) is 19.6 Å². The molecule has 0 spiro atoms. The maximum Gasteiger partial charge on any atom is 0.255 e. The molecule has 0 radical (unpaired) electrons. The molecule has 0 unspecified atom stereocenters. The summed E-state index contributed by atoms with van der Waals surface area (Å²) < 4.78 is 0. The first kappa shape index (κ1) is 19.0. The second-order valence-corrected chi connectivity index (χ2v) is 7.95.